The Morgan fingerprint density at radius 1 is 0.793 bits per heavy atom. The Morgan fingerprint density at radius 2 is 1.34 bits per heavy atom. The Labute approximate surface area is 180 Å². The van der Waals surface area contributed by atoms with Crippen molar-refractivity contribution >= 4 is 23.2 Å². The molecule has 0 heterocycles. The predicted molar refractivity (Wildman–Crippen MR) is 124 cm³/mol. The highest BCUT2D eigenvalue weighted by Gasteiger charge is 2.08. The molecule has 0 aromatic heterocycles. The molecule has 0 aliphatic carbocycles. The van der Waals surface area contributed by atoms with Crippen molar-refractivity contribution in [2.24, 2.45) is 5.10 Å². The first-order chi connectivity index (χ1) is 14.2. The number of hydrogen-bond acceptors (Lipinski definition) is 2. The number of nitrogens with zero attached hydrogens (tertiary/aromatic N) is 1. The zero-order valence-electron chi connectivity index (χ0n) is 17.5. The van der Waals surface area contributed by atoms with Crippen LogP contribution in [0.25, 0.3) is 0 Å². The smallest absolute Gasteiger partial charge is 0.240 e. The molecular formula is C25H33ClN2O. The lowest BCUT2D eigenvalue weighted by atomic mass is 10.0. The van der Waals surface area contributed by atoms with Crippen LogP contribution in [0, 0.1) is 0 Å². The lowest BCUT2D eigenvalue weighted by molar-refractivity contribution is -0.121. The highest BCUT2D eigenvalue weighted by Crippen LogP contribution is 2.15. The van der Waals surface area contributed by atoms with Crippen LogP contribution in [0.1, 0.15) is 82.3 Å². The maximum atomic E-state index is 12.2. The second-order valence-electron chi connectivity index (χ2n) is 7.45. The van der Waals surface area contributed by atoms with Crippen LogP contribution in [0.2, 0.25) is 5.02 Å². The molecule has 0 aliphatic heterocycles. The van der Waals surface area contributed by atoms with E-state index in [1.165, 1.54) is 44.9 Å². The van der Waals surface area contributed by atoms with Crippen LogP contribution in [-0.2, 0) is 4.79 Å². The largest absolute Gasteiger partial charge is 0.273 e. The molecule has 1 amide bonds. The Kier molecular flexibility index (Phi) is 11.1. The summed E-state index contributed by atoms with van der Waals surface area (Å²) in [5, 5.41) is 5.10. The maximum absolute atomic E-state index is 12.2. The van der Waals surface area contributed by atoms with Crippen molar-refractivity contribution in [2.45, 2.75) is 71.1 Å². The molecular weight excluding hydrogens is 380 g/mol. The summed E-state index contributed by atoms with van der Waals surface area (Å²) >= 11 is 6.01. The molecule has 2 aromatic carbocycles. The minimum absolute atomic E-state index is 0.0321. The van der Waals surface area contributed by atoms with Crippen LogP contribution < -0.4 is 5.43 Å². The highest BCUT2D eigenvalue weighted by molar-refractivity contribution is 6.30. The van der Waals surface area contributed by atoms with Gasteiger partial charge in [0.15, 0.2) is 0 Å². The van der Waals surface area contributed by atoms with E-state index in [1.807, 2.05) is 54.6 Å². The van der Waals surface area contributed by atoms with E-state index < -0.39 is 0 Å². The molecule has 4 heteroatoms. The van der Waals surface area contributed by atoms with Crippen LogP contribution in [0.4, 0.5) is 0 Å². The van der Waals surface area contributed by atoms with Gasteiger partial charge in [-0.1, -0.05) is 112 Å². The summed E-state index contributed by atoms with van der Waals surface area (Å²) < 4.78 is 0. The van der Waals surface area contributed by atoms with Gasteiger partial charge in [0.2, 0.25) is 5.91 Å². The van der Waals surface area contributed by atoms with Crippen molar-refractivity contribution in [3.63, 3.8) is 0 Å². The number of carbonyl (C=O) groups excluding carboxylic acids is 1. The van der Waals surface area contributed by atoms with Crippen molar-refractivity contribution < 1.29 is 4.79 Å². The number of rotatable bonds is 13. The maximum Gasteiger partial charge on any atom is 0.240 e. The molecule has 2 rings (SSSR count). The van der Waals surface area contributed by atoms with Crippen molar-refractivity contribution in [2.75, 3.05) is 0 Å². The number of halogens is 1. The first-order valence-electron chi connectivity index (χ1n) is 10.9. The third kappa shape index (κ3) is 9.27. The standard InChI is InChI=1S/C25H33ClN2O/c1-2-3-4-5-6-7-8-9-13-16-24(29)27-28-25(21-14-11-10-12-15-21)22-17-19-23(26)20-18-22/h10-12,14-15,17-20H,2-9,13,16H2,1H3,(H,27,29)/b28-25+. The van der Waals surface area contributed by atoms with Gasteiger partial charge in [0.05, 0.1) is 5.71 Å². The zero-order valence-corrected chi connectivity index (χ0v) is 18.3. The van der Waals surface area contributed by atoms with Crippen molar-refractivity contribution in [1.82, 2.24) is 5.43 Å². The van der Waals surface area contributed by atoms with E-state index in [0.717, 1.165) is 29.7 Å². The van der Waals surface area contributed by atoms with Gasteiger partial charge in [-0.2, -0.15) is 5.10 Å². The van der Waals surface area contributed by atoms with Gasteiger partial charge in [0, 0.05) is 22.6 Å². The predicted octanol–water partition coefficient (Wildman–Crippen LogP) is 7.13. The number of hydrogen-bond donors (Lipinski definition) is 1. The third-order valence-electron chi connectivity index (χ3n) is 4.96. The number of benzene rings is 2. The summed E-state index contributed by atoms with van der Waals surface area (Å²) in [6.07, 6.45) is 11.7. The molecule has 0 bridgehead atoms. The van der Waals surface area contributed by atoms with Crippen LogP contribution in [0.3, 0.4) is 0 Å². The minimum Gasteiger partial charge on any atom is -0.273 e. The highest BCUT2D eigenvalue weighted by atomic mass is 35.5. The summed E-state index contributed by atoms with van der Waals surface area (Å²) in [6, 6.07) is 17.4. The topological polar surface area (TPSA) is 41.5 Å². The molecule has 0 saturated carbocycles. The Morgan fingerprint density at radius 3 is 1.97 bits per heavy atom. The zero-order chi connectivity index (χ0) is 20.7. The molecule has 0 radical (unpaired) electrons. The molecule has 0 spiro atoms. The number of hydrazone groups is 1. The van der Waals surface area contributed by atoms with Gasteiger partial charge in [-0.25, -0.2) is 5.43 Å². The SMILES string of the molecule is CCCCCCCCCCCC(=O)N/N=C(\c1ccccc1)c1ccc(Cl)cc1. The number of carbonyl (C=O) groups is 1. The van der Waals surface area contributed by atoms with Crippen LogP contribution in [-0.4, -0.2) is 11.6 Å². The second-order valence-corrected chi connectivity index (χ2v) is 7.88. The van der Waals surface area contributed by atoms with E-state index in [0.29, 0.717) is 11.4 Å². The van der Waals surface area contributed by atoms with Gasteiger partial charge in [-0.3, -0.25) is 4.79 Å². The van der Waals surface area contributed by atoms with Crippen LogP contribution in [0.5, 0.6) is 0 Å². The van der Waals surface area contributed by atoms with E-state index in [2.05, 4.69) is 17.5 Å². The van der Waals surface area contributed by atoms with E-state index >= 15 is 0 Å². The van der Waals surface area contributed by atoms with Crippen molar-refractivity contribution in [3.8, 4) is 0 Å². The van der Waals surface area contributed by atoms with Crippen molar-refractivity contribution in [1.29, 1.82) is 0 Å². The lowest BCUT2D eigenvalue weighted by Crippen LogP contribution is -2.20. The van der Waals surface area contributed by atoms with E-state index in [9.17, 15) is 4.79 Å². The quantitative estimate of drug-likeness (QED) is 0.212. The summed E-state index contributed by atoms with van der Waals surface area (Å²) in [5.41, 5.74) is 5.35. The summed E-state index contributed by atoms with van der Waals surface area (Å²) in [4.78, 5) is 12.2. The summed E-state index contributed by atoms with van der Waals surface area (Å²) in [7, 11) is 0. The fraction of sp³-hybridized carbons (Fsp3) is 0.440. The van der Waals surface area contributed by atoms with Crippen molar-refractivity contribution in [3.05, 3.63) is 70.7 Å². The molecule has 0 atom stereocenters. The fourth-order valence-corrected chi connectivity index (χ4v) is 3.40. The molecule has 0 aliphatic rings. The lowest BCUT2D eigenvalue weighted by Gasteiger charge is -2.08. The molecule has 2 aromatic rings. The van der Waals surface area contributed by atoms with E-state index in [4.69, 9.17) is 11.6 Å². The van der Waals surface area contributed by atoms with Gasteiger partial charge in [0.25, 0.3) is 0 Å². The third-order valence-corrected chi connectivity index (χ3v) is 5.22. The Hall–Kier alpha value is -2.13. The minimum atomic E-state index is -0.0321. The molecule has 1 N–H and O–H groups in total. The molecule has 29 heavy (non-hydrogen) atoms. The second kappa shape index (κ2) is 13.9. The van der Waals surface area contributed by atoms with E-state index in [1.54, 1.807) is 0 Å². The molecule has 3 nitrogen and oxygen atoms in total. The normalized spacial score (nSPS) is 11.4. The number of nitrogens with one attached hydrogen (secondary N) is 1. The van der Waals surface area contributed by atoms with Gasteiger partial charge < -0.3 is 0 Å². The molecule has 0 saturated heterocycles. The van der Waals surface area contributed by atoms with Crippen LogP contribution in [0.15, 0.2) is 59.7 Å². The first kappa shape index (κ1) is 23.2. The fourth-order valence-electron chi connectivity index (χ4n) is 3.27. The molecule has 0 unspecified atom stereocenters. The number of amides is 1. The van der Waals surface area contributed by atoms with Gasteiger partial charge in [-0.05, 0) is 18.6 Å². The monoisotopic (exact) mass is 412 g/mol. The first-order valence-corrected chi connectivity index (χ1v) is 11.3. The van der Waals surface area contributed by atoms with Gasteiger partial charge in [0.1, 0.15) is 0 Å². The van der Waals surface area contributed by atoms with E-state index in [-0.39, 0.29) is 5.91 Å². The van der Waals surface area contributed by atoms with Crippen LogP contribution >= 0.6 is 11.6 Å². The average Bonchev–Trinajstić information content (AvgIpc) is 2.74. The summed E-state index contributed by atoms with van der Waals surface area (Å²) in [5.74, 6) is -0.0321. The van der Waals surface area contributed by atoms with Gasteiger partial charge in [-0.15, -0.1) is 0 Å². The molecule has 156 valence electrons. The average molecular weight is 413 g/mol. The Bertz CT molecular complexity index is 741. The molecule has 0 fully saturated rings. The Balaban J connectivity index is 1.80. The van der Waals surface area contributed by atoms with Gasteiger partial charge >= 0.3 is 0 Å². The number of unbranched alkanes of at least 4 members (excludes halogenated alkanes) is 8. The summed E-state index contributed by atoms with van der Waals surface area (Å²) in [6.45, 7) is 2.24.